The molecule has 0 saturated heterocycles. The minimum Gasteiger partial charge on any atom is -0.311 e. The molecule has 96 valence electrons. The Morgan fingerprint density at radius 1 is 1.35 bits per heavy atom. The molecule has 0 radical (unpaired) electrons. The van der Waals surface area contributed by atoms with Gasteiger partial charge in [-0.25, -0.2) is 4.39 Å². The zero-order valence-electron chi connectivity index (χ0n) is 11.0. The smallest absolute Gasteiger partial charge is 0.141 e. The predicted octanol–water partition coefficient (Wildman–Crippen LogP) is 2.09. The van der Waals surface area contributed by atoms with Crippen molar-refractivity contribution in [1.82, 2.24) is 15.6 Å². The van der Waals surface area contributed by atoms with E-state index in [0.717, 1.165) is 12.2 Å². The number of nitrogens with one attached hydrogen (secondary N) is 2. The molecule has 0 amide bonds. The standard InChI is InChI=1S/C13H22FN3/c1-10(7-17-13(2,3)4)15-9-12-6-5-11(14)8-16-12/h5-6,8,10,15,17H,7,9H2,1-4H3. The molecule has 0 aliphatic rings. The van der Waals surface area contributed by atoms with Gasteiger partial charge in [-0.15, -0.1) is 0 Å². The molecule has 0 aliphatic heterocycles. The van der Waals surface area contributed by atoms with Crippen molar-refractivity contribution in [3.8, 4) is 0 Å². The lowest BCUT2D eigenvalue weighted by atomic mass is 10.1. The van der Waals surface area contributed by atoms with E-state index in [9.17, 15) is 4.39 Å². The van der Waals surface area contributed by atoms with E-state index in [4.69, 9.17) is 0 Å². The van der Waals surface area contributed by atoms with E-state index >= 15 is 0 Å². The quantitative estimate of drug-likeness (QED) is 0.826. The van der Waals surface area contributed by atoms with Gasteiger partial charge in [-0.2, -0.15) is 0 Å². The summed E-state index contributed by atoms with van der Waals surface area (Å²) in [6.45, 7) is 10.1. The van der Waals surface area contributed by atoms with E-state index in [1.165, 1.54) is 12.3 Å². The molecule has 1 rings (SSSR count). The summed E-state index contributed by atoms with van der Waals surface area (Å²) >= 11 is 0. The maximum Gasteiger partial charge on any atom is 0.141 e. The maximum atomic E-state index is 12.6. The summed E-state index contributed by atoms with van der Waals surface area (Å²) in [5.74, 6) is -0.295. The number of rotatable bonds is 5. The Morgan fingerprint density at radius 2 is 2.06 bits per heavy atom. The van der Waals surface area contributed by atoms with Crippen LogP contribution in [0.3, 0.4) is 0 Å². The average molecular weight is 239 g/mol. The molecule has 1 aromatic heterocycles. The van der Waals surface area contributed by atoms with Gasteiger partial charge >= 0.3 is 0 Å². The van der Waals surface area contributed by atoms with Crippen LogP contribution in [0.5, 0.6) is 0 Å². The summed E-state index contributed by atoms with van der Waals surface area (Å²) in [6.07, 6.45) is 1.25. The number of aromatic nitrogens is 1. The van der Waals surface area contributed by atoms with Gasteiger partial charge in [-0.05, 0) is 39.8 Å². The SMILES string of the molecule is CC(CNC(C)(C)C)NCc1ccc(F)cn1. The minimum atomic E-state index is -0.295. The predicted molar refractivity (Wildman–Crippen MR) is 68.3 cm³/mol. The lowest BCUT2D eigenvalue weighted by Crippen LogP contribution is -2.44. The number of halogens is 1. The number of hydrogen-bond acceptors (Lipinski definition) is 3. The Bertz CT molecular complexity index is 330. The van der Waals surface area contributed by atoms with E-state index in [2.05, 4.69) is 43.3 Å². The molecule has 0 spiro atoms. The fourth-order valence-corrected chi connectivity index (χ4v) is 1.32. The van der Waals surface area contributed by atoms with Crippen LogP contribution in [0.2, 0.25) is 0 Å². The van der Waals surface area contributed by atoms with Gasteiger partial charge in [0.1, 0.15) is 5.82 Å². The van der Waals surface area contributed by atoms with Crippen molar-refractivity contribution < 1.29 is 4.39 Å². The first kappa shape index (κ1) is 14.1. The van der Waals surface area contributed by atoms with E-state index in [-0.39, 0.29) is 11.4 Å². The number of pyridine rings is 1. The molecule has 2 N–H and O–H groups in total. The molecular formula is C13H22FN3. The van der Waals surface area contributed by atoms with Crippen molar-refractivity contribution in [2.24, 2.45) is 0 Å². The van der Waals surface area contributed by atoms with Crippen molar-refractivity contribution in [2.75, 3.05) is 6.54 Å². The third-order valence-electron chi connectivity index (χ3n) is 2.36. The summed E-state index contributed by atoms with van der Waals surface area (Å²) in [6, 6.07) is 3.48. The molecule has 0 aliphatic carbocycles. The molecule has 1 heterocycles. The van der Waals surface area contributed by atoms with Gasteiger partial charge in [0.25, 0.3) is 0 Å². The highest BCUT2D eigenvalue weighted by molar-refractivity contribution is 5.04. The van der Waals surface area contributed by atoms with Gasteiger partial charge in [0, 0.05) is 24.7 Å². The Labute approximate surface area is 103 Å². The monoisotopic (exact) mass is 239 g/mol. The van der Waals surface area contributed by atoms with Gasteiger partial charge in [-0.3, -0.25) is 4.98 Å². The molecule has 17 heavy (non-hydrogen) atoms. The Balaban J connectivity index is 2.28. The summed E-state index contributed by atoms with van der Waals surface area (Å²) in [4.78, 5) is 4.00. The Hall–Kier alpha value is -1.00. The Kier molecular flexibility index (Phi) is 5.02. The summed E-state index contributed by atoms with van der Waals surface area (Å²) < 4.78 is 12.6. The van der Waals surface area contributed by atoms with Crippen LogP contribution in [-0.2, 0) is 6.54 Å². The zero-order chi connectivity index (χ0) is 12.9. The highest BCUT2D eigenvalue weighted by Gasteiger charge is 2.10. The van der Waals surface area contributed by atoms with E-state index in [0.29, 0.717) is 12.6 Å². The molecule has 1 atom stereocenters. The summed E-state index contributed by atoms with van der Waals surface area (Å²) in [5, 5.41) is 6.77. The molecular weight excluding hydrogens is 217 g/mol. The fraction of sp³-hybridized carbons (Fsp3) is 0.615. The van der Waals surface area contributed by atoms with Gasteiger partial charge in [0.05, 0.1) is 11.9 Å². The second-order valence-electron chi connectivity index (χ2n) is 5.38. The molecule has 0 fully saturated rings. The van der Waals surface area contributed by atoms with Crippen LogP contribution in [-0.4, -0.2) is 23.1 Å². The second-order valence-corrected chi connectivity index (χ2v) is 5.38. The third kappa shape index (κ3) is 6.34. The van der Waals surface area contributed by atoms with E-state index in [1.807, 2.05) is 0 Å². The lowest BCUT2D eigenvalue weighted by Gasteiger charge is -2.24. The van der Waals surface area contributed by atoms with Crippen LogP contribution in [0.1, 0.15) is 33.4 Å². The van der Waals surface area contributed by atoms with Crippen molar-refractivity contribution in [1.29, 1.82) is 0 Å². The molecule has 0 aromatic carbocycles. The van der Waals surface area contributed by atoms with Crippen molar-refractivity contribution in [3.63, 3.8) is 0 Å². The van der Waals surface area contributed by atoms with E-state index < -0.39 is 0 Å². The van der Waals surface area contributed by atoms with Crippen LogP contribution in [0.25, 0.3) is 0 Å². The maximum absolute atomic E-state index is 12.6. The van der Waals surface area contributed by atoms with Crippen LogP contribution in [0.4, 0.5) is 4.39 Å². The molecule has 0 bridgehead atoms. The third-order valence-corrected chi connectivity index (χ3v) is 2.36. The summed E-state index contributed by atoms with van der Waals surface area (Å²) in [7, 11) is 0. The fourth-order valence-electron chi connectivity index (χ4n) is 1.32. The average Bonchev–Trinajstić information content (AvgIpc) is 2.25. The van der Waals surface area contributed by atoms with Gasteiger partial charge in [0.2, 0.25) is 0 Å². The zero-order valence-corrected chi connectivity index (χ0v) is 11.0. The molecule has 0 saturated carbocycles. The second kappa shape index (κ2) is 6.07. The highest BCUT2D eigenvalue weighted by Crippen LogP contribution is 2.00. The van der Waals surface area contributed by atoms with Crippen LogP contribution in [0.15, 0.2) is 18.3 Å². The molecule has 4 heteroatoms. The topological polar surface area (TPSA) is 37.0 Å². The Morgan fingerprint density at radius 3 is 2.59 bits per heavy atom. The van der Waals surface area contributed by atoms with E-state index in [1.54, 1.807) is 6.07 Å². The van der Waals surface area contributed by atoms with Crippen LogP contribution in [0, 0.1) is 5.82 Å². The largest absolute Gasteiger partial charge is 0.311 e. The van der Waals surface area contributed by atoms with Gasteiger partial charge < -0.3 is 10.6 Å². The van der Waals surface area contributed by atoms with Crippen molar-refractivity contribution >= 4 is 0 Å². The lowest BCUT2D eigenvalue weighted by molar-refractivity contribution is 0.386. The molecule has 1 unspecified atom stereocenters. The summed E-state index contributed by atoms with van der Waals surface area (Å²) in [5.41, 5.74) is 0.985. The first-order valence-electron chi connectivity index (χ1n) is 5.96. The van der Waals surface area contributed by atoms with Gasteiger partial charge in [0.15, 0.2) is 0 Å². The van der Waals surface area contributed by atoms with Crippen LogP contribution < -0.4 is 10.6 Å². The van der Waals surface area contributed by atoms with Gasteiger partial charge in [-0.1, -0.05) is 0 Å². The first-order valence-corrected chi connectivity index (χ1v) is 5.96. The molecule has 1 aromatic rings. The molecule has 3 nitrogen and oxygen atoms in total. The number of nitrogens with zero attached hydrogens (tertiary/aromatic N) is 1. The normalized spacial score (nSPS) is 13.7. The number of hydrogen-bond donors (Lipinski definition) is 2. The minimum absolute atomic E-state index is 0.129. The van der Waals surface area contributed by atoms with Crippen LogP contribution >= 0.6 is 0 Å². The first-order chi connectivity index (χ1) is 7.87. The van der Waals surface area contributed by atoms with Crippen molar-refractivity contribution in [2.45, 2.75) is 45.8 Å². The highest BCUT2D eigenvalue weighted by atomic mass is 19.1. The van der Waals surface area contributed by atoms with Crippen molar-refractivity contribution in [3.05, 3.63) is 29.8 Å².